The number of H-pyrrole nitrogens is 1. The maximum atomic E-state index is 13.0. The predicted molar refractivity (Wildman–Crippen MR) is 145 cm³/mol. The Morgan fingerprint density at radius 1 is 0.973 bits per heavy atom. The largest absolute Gasteiger partial charge is 0.454 e. The number of nitrogens with one attached hydrogen (secondary N) is 3. The lowest BCUT2D eigenvalue weighted by Gasteiger charge is -2.17. The van der Waals surface area contributed by atoms with E-state index < -0.39 is 24.5 Å². The minimum absolute atomic E-state index is 0.203. The molecule has 0 saturated carbocycles. The smallest absolute Gasteiger partial charge is 0.329 e. The summed E-state index contributed by atoms with van der Waals surface area (Å²) in [5.41, 5.74) is 3.46. The van der Waals surface area contributed by atoms with E-state index >= 15 is 0 Å². The first-order chi connectivity index (χ1) is 18.1. The first-order valence-corrected chi connectivity index (χ1v) is 13.2. The van der Waals surface area contributed by atoms with E-state index in [2.05, 4.69) is 20.6 Å². The van der Waals surface area contributed by atoms with Crippen molar-refractivity contribution in [2.24, 2.45) is 0 Å². The second-order valence-electron chi connectivity index (χ2n) is 8.13. The summed E-state index contributed by atoms with van der Waals surface area (Å²) in [5, 5.41) is 10.4. The molecular weight excluding hydrogens is 508 g/mol. The molecule has 3 heterocycles. The molecule has 2 amide bonds. The van der Waals surface area contributed by atoms with E-state index in [1.54, 1.807) is 17.5 Å². The van der Waals surface area contributed by atoms with Crippen molar-refractivity contribution in [2.75, 3.05) is 11.9 Å². The van der Waals surface area contributed by atoms with Gasteiger partial charge in [0, 0.05) is 34.5 Å². The van der Waals surface area contributed by atoms with Crippen molar-refractivity contribution in [3.63, 3.8) is 0 Å². The number of hydrogen-bond acceptors (Lipinski definition) is 7. The molecule has 3 aromatic heterocycles. The maximum Gasteiger partial charge on any atom is 0.329 e. The van der Waals surface area contributed by atoms with Gasteiger partial charge in [-0.05, 0) is 23.1 Å². The summed E-state index contributed by atoms with van der Waals surface area (Å²) in [7, 11) is 0. The number of fused-ring (bicyclic) bond motifs is 1. The third-order valence-corrected chi connectivity index (χ3v) is 7.23. The van der Waals surface area contributed by atoms with Crippen LogP contribution in [0.2, 0.25) is 0 Å². The number of thiazole rings is 1. The Balaban J connectivity index is 1.24. The van der Waals surface area contributed by atoms with Crippen molar-refractivity contribution in [1.29, 1.82) is 0 Å². The average molecular weight is 531 g/mol. The molecule has 0 aliphatic rings. The maximum absolute atomic E-state index is 13.0. The summed E-state index contributed by atoms with van der Waals surface area (Å²) in [4.78, 5) is 46.3. The first-order valence-electron chi connectivity index (χ1n) is 11.4. The molecule has 1 atom stereocenters. The number of rotatable bonds is 9. The Morgan fingerprint density at radius 3 is 2.59 bits per heavy atom. The first kappa shape index (κ1) is 24.4. The number of aromatic nitrogens is 2. The van der Waals surface area contributed by atoms with Crippen LogP contribution >= 0.6 is 22.7 Å². The minimum atomic E-state index is -0.980. The third kappa shape index (κ3) is 5.93. The van der Waals surface area contributed by atoms with Crippen molar-refractivity contribution >= 4 is 56.5 Å². The fraction of sp³-hybridized carbons (Fsp3) is 0.111. The normalized spacial score (nSPS) is 11.7. The zero-order valence-electron chi connectivity index (χ0n) is 19.5. The average Bonchev–Trinajstić information content (AvgIpc) is 3.69. The fourth-order valence-electron chi connectivity index (χ4n) is 3.82. The number of hydrogen-bond donors (Lipinski definition) is 3. The molecule has 186 valence electrons. The molecule has 8 nitrogen and oxygen atoms in total. The lowest BCUT2D eigenvalue weighted by Crippen LogP contribution is -2.43. The Bertz CT molecular complexity index is 1530. The summed E-state index contributed by atoms with van der Waals surface area (Å²) in [5.74, 6) is -1.59. The van der Waals surface area contributed by atoms with Crippen LogP contribution in [0.1, 0.15) is 15.2 Å². The highest BCUT2D eigenvalue weighted by molar-refractivity contribution is 7.14. The number of ether oxygens (including phenoxy) is 1. The van der Waals surface area contributed by atoms with Gasteiger partial charge in [-0.3, -0.25) is 14.9 Å². The van der Waals surface area contributed by atoms with Gasteiger partial charge in [0.15, 0.2) is 11.7 Å². The van der Waals surface area contributed by atoms with Crippen LogP contribution in [0.25, 0.3) is 22.2 Å². The molecule has 1 unspecified atom stereocenters. The highest BCUT2D eigenvalue weighted by Crippen LogP contribution is 2.24. The number of aromatic amines is 1. The molecule has 0 spiro atoms. The molecule has 0 saturated heterocycles. The number of nitrogens with zero attached hydrogens (tertiary/aromatic N) is 1. The summed E-state index contributed by atoms with van der Waals surface area (Å²) in [6.07, 6.45) is 2.01. The van der Waals surface area contributed by atoms with E-state index in [1.807, 2.05) is 66.2 Å². The monoisotopic (exact) mass is 530 g/mol. The topological polar surface area (TPSA) is 113 Å². The van der Waals surface area contributed by atoms with Gasteiger partial charge < -0.3 is 15.0 Å². The van der Waals surface area contributed by atoms with Crippen molar-refractivity contribution in [2.45, 2.75) is 12.5 Å². The van der Waals surface area contributed by atoms with Gasteiger partial charge in [-0.25, -0.2) is 9.78 Å². The minimum Gasteiger partial charge on any atom is -0.454 e. The summed E-state index contributed by atoms with van der Waals surface area (Å²) < 4.78 is 5.31. The molecule has 0 bridgehead atoms. The van der Waals surface area contributed by atoms with E-state index in [4.69, 9.17) is 4.74 Å². The predicted octanol–water partition coefficient (Wildman–Crippen LogP) is 4.88. The molecule has 5 rings (SSSR count). The van der Waals surface area contributed by atoms with Crippen molar-refractivity contribution in [3.05, 3.63) is 94.1 Å². The summed E-state index contributed by atoms with van der Waals surface area (Å²) in [6.45, 7) is -0.502. The molecule has 2 aromatic carbocycles. The number of anilines is 1. The summed E-state index contributed by atoms with van der Waals surface area (Å²) >= 11 is 2.56. The Kier molecular flexibility index (Phi) is 7.38. The standard InChI is InChI=1S/C27H22N4O4S2/c32-24(31-27-30-22(16-37-27)17-7-2-1-3-8-17)15-35-26(34)21(29-25(33)23-11-6-12-36-23)13-18-14-28-20-10-5-4-9-19(18)20/h1-12,14,16,21,28H,13,15H2,(H,29,33)(H,30,31,32). The molecule has 0 fully saturated rings. The number of carbonyl (C=O) groups excluding carboxylic acids is 3. The van der Waals surface area contributed by atoms with Gasteiger partial charge in [0.05, 0.1) is 10.6 Å². The molecule has 0 aliphatic heterocycles. The van der Waals surface area contributed by atoms with Crippen LogP contribution in [0.3, 0.4) is 0 Å². The number of esters is 1. The lowest BCUT2D eigenvalue weighted by molar-refractivity contribution is -0.149. The van der Waals surface area contributed by atoms with Crippen molar-refractivity contribution in [1.82, 2.24) is 15.3 Å². The molecular formula is C27H22N4O4S2. The van der Waals surface area contributed by atoms with Gasteiger partial charge in [-0.1, -0.05) is 54.6 Å². The van der Waals surface area contributed by atoms with Gasteiger partial charge in [0.1, 0.15) is 6.04 Å². The molecule has 3 N–H and O–H groups in total. The van der Waals surface area contributed by atoms with Crippen molar-refractivity contribution in [3.8, 4) is 11.3 Å². The van der Waals surface area contributed by atoms with Crippen LogP contribution in [0, 0.1) is 0 Å². The van der Waals surface area contributed by atoms with Crippen LogP contribution in [-0.4, -0.2) is 40.4 Å². The van der Waals surface area contributed by atoms with Crippen LogP contribution in [0.5, 0.6) is 0 Å². The van der Waals surface area contributed by atoms with Gasteiger partial charge in [-0.2, -0.15) is 0 Å². The van der Waals surface area contributed by atoms with Crippen LogP contribution in [0.4, 0.5) is 5.13 Å². The quantitative estimate of drug-likeness (QED) is 0.235. The second kappa shape index (κ2) is 11.2. The van der Waals surface area contributed by atoms with Gasteiger partial charge in [0.2, 0.25) is 0 Å². The van der Waals surface area contributed by atoms with E-state index in [0.717, 1.165) is 27.7 Å². The molecule has 0 aliphatic carbocycles. The van der Waals surface area contributed by atoms with Crippen molar-refractivity contribution < 1.29 is 19.1 Å². The van der Waals surface area contributed by atoms with E-state index in [9.17, 15) is 14.4 Å². The molecule has 0 radical (unpaired) electrons. The SMILES string of the molecule is O=C(COC(=O)C(Cc1c[nH]c2ccccc12)NC(=O)c1cccs1)Nc1nc(-c2ccccc2)cs1. The highest BCUT2D eigenvalue weighted by Gasteiger charge is 2.26. The zero-order valence-corrected chi connectivity index (χ0v) is 21.1. The van der Waals surface area contributed by atoms with Crippen LogP contribution in [-0.2, 0) is 20.7 Å². The third-order valence-electron chi connectivity index (χ3n) is 5.60. The van der Waals surface area contributed by atoms with Gasteiger partial charge in [-0.15, -0.1) is 22.7 Å². The number of amides is 2. The zero-order chi connectivity index (χ0) is 25.6. The second-order valence-corrected chi connectivity index (χ2v) is 9.93. The lowest BCUT2D eigenvalue weighted by atomic mass is 10.0. The number of thiophene rings is 1. The van der Waals surface area contributed by atoms with Gasteiger partial charge in [0.25, 0.3) is 11.8 Å². The Hall–Kier alpha value is -4.28. The van der Waals surface area contributed by atoms with E-state index in [0.29, 0.717) is 10.0 Å². The number of benzene rings is 2. The van der Waals surface area contributed by atoms with E-state index in [-0.39, 0.29) is 12.3 Å². The molecule has 37 heavy (non-hydrogen) atoms. The Morgan fingerprint density at radius 2 is 1.78 bits per heavy atom. The molecule has 10 heteroatoms. The Labute approximate surface area is 220 Å². The number of para-hydroxylation sites is 1. The molecule has 5 aromatic rings. The van der Waals surface area contributed by atoms with Crippen LogP contribution < -0.4 is 10.6 Å². The van der Waals surface area contributed by atoms with E-state index in [1.165, 1.54) is 22.7 Å². The highest BCUT2D eigenvalue weighted by atomic mass is 32.1. The fourth-order valence-corrected chi connectivity index (χ4v) is 5.18. The summed E-state index contributed by atoms with van der Waals surface area (Å²) in [6, 6.07) is 19.8. The number of carbonyl (C=O) groups is 3. The van der Waals surface area contributed by atoms with Gasteiger partial charge >= 0.3 is 5.97 Å². The van der Waals surface area contributed by atoms with Crippen LogP contribution in [0.15, 0.2) is 83.7 Å².